The number of piperidine rings is 1. The largest absolute Gasteiger partial charge is 0.378 e. The van der Waals surface area contributed by atoms with Crippen molar-refractivity contribution in [3.05, 3.63) is 42.7 Å². The number of fused-ring (bicyclic) bond motifs is 1. The Hall–Kier alpha value is -2.47. The van der Waals surface area contributed by atoms with Crippen LogP contribution < -0.4 is 4.90 Å². The molecular formula is C18H21N5O. The van der Waals surface area contributed by atoms with Gasteiger partial charge in [-0.05, 0) is 19.8 Å². The van der Waals surface area contributed by atoms with Crippen molar-refractivity contribution in [2.24, 2.45) is 0 Å². The van der Waals surface area contributed by atoms with Gasteiger partial charge in [-0.3, -0.25) is 0 Å². The van der Waals surface area contributed by atoms with Gasteiger partial charge in [0, 0.05) is 31.3 Å². The normalized spacial score (nSPS) is 16.0. The molecule has 0 atom stereocenters. The van der Waals surface area contributed by atoms with Crippen molar-refractivity contribution in [3.63, 3.8) is 0 Å². The molecule has 124 valence electrons. The van der Waals surface area contributed by atoms with Crippen molar-refractivity contribution in [2.45, 2.75) is 25.9 Å². The van der Waals surface area contributed by atoms with Gasteiger partial charge in [0.1, 0.15) is 12.1 Å². The van der Waals surface area contributed by atoms with E-state index in [4.69, 9.17) is 4.74 Å². The van der Waals surface area contributed by atoms with Crippen LogP contribution >= 0.6 is 0 Å². The molecule has 0 spiro atoms. The second kappa shape index (κ2) is 6.57. The fraction of sp³-hybridized carbons (Fsp3) is 0.389. The van der Waals surface area contributed by atoms with Crippen LogP contribution in [0.25, 0.3) is 17.0 Å². The Labute approximate surface area is 141 Å². The minimum absolute atomic E-state index is 0.368. The highest BCUT2D eigenvalue weighted by Crippen LogP contribution is 2.26. The maximum atomic E-state index is 5.76. The highest BCUT2D eigenvalue weighted by Gasteiger charge is 2.22. The van der Waals surface area contributed by atoms with Crippen molar-refractivity contribution in [1.29, 1.82) is 0 Å². The van der Waals surface area contributed by atoms with Gasteiger partial charge in [-0.1, -0.05) is 30.3 Å². The maximum Gasteiger partial charge on any atom is 0.254 e. The molecule has 0 amide bonds. The Balaban J connectivity index is 1.69. The molecule has 0 saturated carbocycles. The van der Waals surface area contributed by atoms with Gasteiger partial charge in [-0.15, -0.1) is 0 Å². The molecule has 0 bridgehead atoms. The second-order valence-electron chi connectivity index (χ2n) is 5.98. The number of rotatable bonds is 4. The summed E-state index contributed by atoms with van der Waals surface area (Å²) in [6.07, 6.45) is 4.00. The standard InChI is InChI=1S/C18H21N5O/c1-2-24-15-8-10-22(11-9-15)17-12-16(14-6-4-3-5-7-14)21-18-19-13-20-23(17)18/h3-7,12-13,15H,2,8-11H2,1H3. The van der Waals surface area contributed by atoms with E-state index in [1.807, 2.05) is 22.7 Å². The van der Waals surface area contributed by atoms with Gasteiger partial charge in [-0.2, -0.15) is 14.6 Å². The predicted molar refractivity (Wildman–Crippen MR) is 93.1 cm³/mol. The molecule has 6 heteroatoms. The SMILES string of the molecule is CCOC1CCN(c2cc(-c3ccccc3)nc3ncnn23)CC1. The summed E-state index contributed by atoms with van der Waals surface area (Å²) in [5.41, 5.74) is 2.02. The fourth-order valence-electron chi connectivity index (χ4n) is 3.27. The van der Waals surface area contributed by atoms with Crippen LogP contribution in [0.4, 0.5) is 5.82 Å². The first-order chi connectivity index (χ1) is 11.8. The average Bonchev–Trinajstić information content (AvgIpc) is 3.11. The Kier molecular flexibility index (Phi) is 4.13. The summed E-state index contributed by atoms with van der Waals surface area (Å²) in [7, 11) is 0. The van der Waals surface area contributed by atoms with Crippen LogP contribution in [0.15, 0.2) is 42.7 Å². The lowest BCUT2D eigenvalue weighted by Crippen LogP contribution is -2.38. The van der Waals surface area contributed by atoms with Crippen LogP contribution in [-0.2, 0) is 4.74 Å². The molecule has 1 fully saturated rings. The van der Waals surface area contributed by atoms with E-state index in [1.54, 1.807) is 6.33 Å². The van der Waals surface area contributed by atoms with E-state index in [9.17, 15) is 0 Å². The topological polar surface area (TPSA) is 55.5 Å². The Morgan fingerprint density at radius 2 is 1.96 bits per heavy atom. The zero-order chi connectivity index (χ0) is 16.4. The number of ether oxygens (including phenoxy) is 1. The number of anilines is 1. The third-order valence-corrected chi connectivity index (χ3v) is 4.47. The number of benzene rings is 1. The van der Waals surface area contributed by atoms with Crippen LogP contribution in [0, 0.1) is 0 Å². The quantitative estimate of drug-likeness (QED) is 0.739. The van der Waals surface area contributed by atoms with Crippen LogP contribution in [0.1, 0.15) is 19.8 Å². The van der Waals surface area contributed by atoms with E-state index in [2.05, 4.69) is 45.1 Å². The van der Waals surface area contributed by atoms with Gasteiger partial charge < -0.3 is 9.64 Å². The van der Waals surface area contributed by atoms with E-state index in [0.717, 1.165) is 49.6 Å². The average molecular weight is 323 g/mol. The summed E-state index contributed by atoms with van der Waals surface area (Å²) in [6.45, 7) is 4.75. The smallest absolute Gasteiger partial charge is 0.254 e. The Morgan fingerprint density at radius 1 is 1.17 bits per heavy atom. The molecule has 0 unspecified atom stereocenters. The molecule has 6 nitrogen and oxygen atoms in total. The van der Waals surface area contributed by atoms with E-state index >= 15 is 0 Å². The molecule has 4 rings (SSSR count). The maximum absolute atomic E-state index is 5.76. The summed E-state index contributed by atoms with van der Waals surface area (Å²) in [5.74, 6) is 1.68. The highest BCUT2D eigenvalue weighted by molar-refractivity contribution is 5.65. The molecule has 0 N–H and O–H groups in total. The molecule has 1 aliphatic heterocycles. The number of aromatic nitrogens is 4. The molecule has 3 heterocycles. The first kappa shape index (κ1) is 15.1. The zero-order valence-electron chi connectivity index (χ0n) is 13.8. The van der Waals surface area contributed by atoms with Crippen LogP contribution in [0.5, 0.6) is 0 Å². The third-order valence-electron chi connectivity index (χ3n) is 4.47. The van der Waals surface area contributed by atoms with Gasteiger partial charge >= 0.3 is 0 Å². The summed E-state index contributed by atoms with van der Waals surface area (Å²) in [6, 6.07) is 12.3. The fourth-order valence-corrected chi connectivity index (χ4v) is 3.27. The first-order valence-electron chi connectivity index (χ1n) is 8.48. The molecule has 1 aromatic carbocycles. The lowest BCUT2D eigenvalue weighted by atomic mass is 10.1. The van der Waals surface area contributed by atoms with Crippen molar-refractivity contribution in [3.8, 4) is 11.3 Å². The Bertz CT molecular complexity index is 809. The van der Waals surface area contributed by atoms with Gasteiger partial charge in [0.15, 0.2) is 0 Å². The lowest BCUT2D eigenvalue weighted by Gasteiger charge is -2.33. The summed E-state index contributed by atoms with van der Waals surface area (Å²) < 4.78 is 7.59. The zero-order valence-corrected chi connectivity index (χ0v) is 13.8. The molecular weight excluding hydrogens is 302 g/mol. The van der Waals surface area contributed by atoms with Gasteiger partial charge in [0.2, 0.25) is 0 Å². The molecule has 1 saturated heterocycles. The molecule has 24 heavy (non-hydrogen) atoms. The van der Waals surface area contributed by atoms with Gasteiger partial charge in [0.25, 0.3) is 5.78 Å². The van der Waals surface area contributed by atoms with Crippen molar-refractivity contribution in [1.82, 2.24) is 19.6 Å². The van der Waals surface area contributed by atoms with Crippen molar-refractivity contribution >= 4 is 11.6 Å². The first-order valence-corrected chi connectivity index (χ1v) is 8.48. The monoisotopic (exact) mass is 323 g/mol. The van der Waals surface area contributed by atoms with Crippen LogP contribution in [0.2, 0.25) is 0 Å². The Morgan fingerprint density at radius 3 is 2.71 bits per heavy atom. The number of nitrogens with zero attached hydrogens (tertiary/aromatic N) is 5. The van der Waals surface area contributed by atoms with E-state index in [-0.39, 0.29) is 0 Å². The highest BCUT2D eigenvalue weighted by atomic mass is 16.5. The van der Waals surface area contributed by atoms with Crippen LogP contribution in [-0.4, -0.2) is 45.4 Å². The number of hydrogen-bond acceptors (Lipinski definition) is 5. The third kappa shape index (κ3) is 2.85. The second-order valence-corrected chi connectivity index (χ2v) is 5.98. The summed E-state index contributed by atoms with van der Waals surface area (Å²) in [5, 5.41) is 4.35. The molecule has 3 aromatic rings. The van der Waals surface area contributed by atoms with E-state index in [1.165, 1.54) is 0 Å². The van der Waals surface area contributed by atoms with Gasteiger partial charge in [-0.25, -0.2) is 4.98 Å². The lowest BCUT2D eigenvalue weighted by molar-refractivity contribution is 0.0458. The molecule has 2 aromatic heterocycles. The predicted octanol–water partition coefficient (Wildman–Crippen LogP) is 2.80. The van der Waals surface area contributed by atoms with E-state index in [0.29, 0.717) is 11.9 Å². The van der Waals surface area contributed by atoms with E-state index < -0.39 is 0 Å². The minimum Gasteiger partial charge on any atom is -0.378 e. The van der Waals surface area contributed by atoms with Gasteiger partial charge in [0.05, 0.1) is 11.8 Å². The van der Waals surface area contributed by atoms with Crippen molar-refractivity contribution in [2.75, 3.05) is 24.6 Å². The van der Waals surface area contributed by atoms with Crippen molar-refractivity contribution < 1.29 is 4.74 Å². The number of hydrogen-bond donors (Lipinski definition) is 0. The van der Waals surface area contributed by atoms with Crippen LogP contribution in [0.3, 0.4) is 0 Å². The molecule has 0 aliphatic carbocycles. The molecule has 1 aliphatic rings. The summed E-state index contributed by atoms with van der Waals surface area (Å²) in [4.78, 5) is 11.3. The minimum atomic E-state index is 0.368. The molecule has 0 radical (unpaired) electrons. The summed E-state index contributed by atoms with van der Waals surface area (Å²) >= 11 is 0.